The molecule has 1 N–H and O–H groups in total. The third kappa shape index (κ3) is 3.51. The summed E-state index contributed by atoms with van der Waals surface area (Å²) in [6.07, 6.45) is 1.69. The second-order valence-electron chi connectivity index (χ2n) is 4.48. The number of ether oxygens (including phenoxy) is 1. The Hall–Kier alpha value is -2.01. The fourth-order valence-corrected chi connectivity index (χ4v) is 1.87. The molecule has 1 unspecified atom stereocenters. The molecule has 0 amide bonds. The van der Waals surface area contributed by atoms with Gasteiger partial charge >= 0.3 is 0 Å². The van der Waals surface area contributed by atoms with Crippen LogP contribution >= 0.6 is 0 Å². The molecule has 2 aromatic rings. The number of aromatic nitrogens is 1. The quantitative estimate of drug-likeness (QED) is 0.912. The lowest BCUT2D eigenvalue weighted by Gasteiger charge is -2.15. The van der Waals surface area contributed by atoms with Crippen LogP contribution in [0.4, 0.5) is 8.78 Å². The zero-order valence-corrected chi connectivity index (χ0v) is 11.4. The summed E-state index contributed by atoms with van der Waals surface area (Å²) in [6.45, 7) is 2.36. The summed E-state index contributed by atoms with van der Waals surface area (Å²) in [7, 11) is 1.56. The number of hydrogen-bond acceptors (Lipinski definition) is 3. The second kappa shape index (κ2) is 6.43. The minimum Gasteiger partial charge on any atom is -0.481 e. The van der Waals surface area contributed by atoms with Crippen molar-refractivity contribution in [1.82, 2.24) is 10.3 Å². The lowest BCUT2D eigenvalue weighted by Crippen LogP contribution is -2.19. The number of rotatable bonds is 5. The van der Waals surface area contributed by atoms with Gasteiger partial charge in [0, 0.05) is 36.5 Å². The van der Waals surface area contributed by atoms with Gasteiger partial charge in [-0.1, -0.05) is 12.1 Å². The highest BCUT2D eigenvalue weighted by atomic mass is 19.1. The lowest BCUT2D eigenvalue weighted by molar-refractivity contribution is 0.397. The summed E-state index contributed by atoms with van der Waals surface area (Å²) in [5, 5.41) is 3.17. The van der Waals surface area contributed by atoms with Crippen LogP contribution in [0.1, 0.15) is 24.1 Å². The molecule has 1 heterocycles. The average molecular weight is 278 g/mol. The van der Waals surface area contributed by atoms with Crippen LogP contribution in [-0.2, 0) is 6.54 Å². The molecule has 0 radical (unpaired) electrons. The molecular formula is C15H16F2N2O. The van der Waals surface area contributed by atoms with Crippen molar-refractivity contribution in [3.8, 4) is 5.88 Å². The van der Waals surface area contributed by atoms with Crippen molar-refractivity contribution < 1.29 is 13.5 Å². The highest BCUT2D eigenvalue weighted by Gasteiger charge is 2.11. The van der Waals surface area contributed by atoms with E-state index in [9.17, 15) is 8.78 Å². The van der Waals surface area contributed by atoms with Crippen molar-refractivity contribution in [2.24, 2.45) is 0 Å². The number of nitrogens with one attached hydrogen (secondary N) is 1. The monoisotopic (exact) mass is 278 g/mol. The van der Waals surface area contributed by atoms with Gasteiger partial charge < -0.3 is 10.1 Å². The first-order valence-electron chi connectivity index (χ1n) is 6.27. The predicted molar refractivity (Wildman–Crippen MR) is 72.4 cm³/mol. The fraction of sp³-hybridized carbons (Fsp3) is 0.267. The molecule has 106 valence electrons. The van der Waals surface area contributed by atoms with Gasteiger partial charge in [0.05, 0.1) is 7.11 Å². The number of pyridine rings is 1. The van der Waals surface area contributed by atoms with Crippen LogP contribution in [-0.4, -0.2) is 12.1 Å². The van der Waals surface area contributed by atoms with E-state index in [1.165, 1.54) is 12.1 Å². The van der Waals surface area contributed by atoms with Gasteiger partial charge in [-0.3, -0.25) is 0 Å². The largest absolute Gasteiger partial charge is 0.481 e. The molecule has 0 saturated carbocycles. The van der Waals surface area contributed by atoms with Crippen LogP contribution in [0.2, 0.25) is 0 Å². The highest BCUT2D eigenvalue weighted by Crippen LogP contribution is 2.18. The minimum absolute atomic E-state index is 0.224. The topological polar surface area (TPSA) is 34.1 Å². The SMILES string of the molecule is COc1ccc(CNC(C)c2ccc(F)cc2F)cn1. The van der Waals surface area contributed by atoms with E-state index in [-0.39, 0.29) is 6.04 Å². The van der Waals surface area contributed by atoms with Crippen molar-refractivity contribution in [1.29, 1.82) is 0 Å². The summed E-state index contributed by atoms with van der Waals surface area (Å²) in [5.41, 5.74) is 1.40. The third-order valence-corrected chi connectivity index (χ3v) is 3.05. The molecule has 3 nitrogen and oxygen atoms in total. The van der Waals surface area contributed by atoms with E-state index in [2.05, 4.69) is 10.3 Å². The van der Waals surface area contributed by atoms with Crippen LogP contribution in [0.5, 0.6) is 5.88 Å². The maximum Gasteiger partial charge on any atom is 0.212 e. The maximum atomic E-state index is 13.6. The van der Waals surface area contributed by atoms with Crippen molar-refractivity contribution in [3.63, 3.8) is 0 Å². The Labute approximate surface area is 116 Å². The molecule has 0 saturated heterocycles. The summed E-state index contributed by atoms with van der Waals surface area (Å²) in [4.78, 5) is 4.09. The first-order chi connectivity index (χ1) is 9.60. The van der Waals surface area contributed by atoms with E-state index in [0.717, 1.165) is 11.6 Å². The normalized spacial score (nSPS) is 12.2. The third-order valence-electron chi connectivity index (χ3n) is 3.05. The molecule has 1 aromatic carbocycles. The summed E-state index contributed by atoms with van der Waals surface area (Å²) < 4.78 is 31.4. The maximum absolute atomic E-state index is 13.6. The summed E-state index contributed by atoms with van der Waals surface area (Å²) in [5.74, 6) is -0.568. The van der Waals surface area contributed by atoms with Crippen LogP contribution in [0, 0.1) is 11.6 Å². The van der Waals surface area contributed by atoms with E-state index in [1.54, 1.807) is 19.4 Å². The van der Waals surface area contributed by atoms with Crippen LogP contribution in [0.25, 0.3) is 0 Å². The average Bonchev–Trinajstić information content (AvgIpc) is 2.45. The Morgan fingerprint density at radius 3 is 2.65 bits per heavy atom. The van der Waals surface area contributed by atoms with E-state index in [0.29, 0.717) is 18.0 Å². The number of benzene rings is 1. The molecule has 0 spiro atoms. The Kier molecular flexibility index (Phi) is 4.63. The molecule has 20 heavy (non-hydrogen) atoms. The molecule has 0 aliphatic heterocycles. The first kappa shape index (κ1) is 14.4. The second-order valence-corrected chi connectivity index (χ2v) is 4.48. The number of nitrogens with zero attached hydrogens (tertiary/aromatic N) is 1. The first-order valence-corrected chi connectivity index (χ1v) is 6.27. The molecule has 1 aromatic heterocycles. The van der Waals surface area contributed by atoms with Gasteiger partial charge in [0.15, 0.2) is 0 Å². The Morgan fingerprint density at radius 2 is 2.05 bits per heavy atom. The number of methoxy groups -OCH3 is 1. The summed E-state index contributed by atoms with van der Waals surface area (Å²) in [6, 6.07) is 7.02. The van der Waals surface area contributed by atoms with Gasteiger partial charge in [0.25, 0.3) is 0 Å². The van der Waals surface area contributed by atoms with Crippen molar-refractivity contribution in [3.05, 3.63) is 59.3 Å². The molecule has 0 aliphatic carbocycles. The lowest BCUT2D eigenvalue weighted by atomic mass is 10.1. The molecule has 0 aliphatic rings. The van der Waals surface area contributed by atoms with Crippen LogP contribution in [0.15, 0.2) is 36.5 Å². The van der Waals surface area contributed by atoms with Gasteiger partial charge in [-0.15, -0.1) is 0 Å². The number of hydrogen-bond donors (Lipinski definition) is 1. The fourth-order valence-electron chi connectivity index (χ4n) is 1.87. The molecule has 2 rings (SSSR count). The van der Waals surface area contributed by atoms with Crippen LogP contribution < -0.4 is 10.1 Å². The molecule has 5 heteroatoms. The molecule has 0 bridgehead atoms. The smallest absolute Gasteiger partial charge is 0.212 e. The highest BCUT2D eigenvalue weighted by molar-refractivity contribution is 5.22. The van der Waals surface area contributed by atoms with Crippen LogP contribution in [0.3, 0.4) is 0 Å². The van der Waals surface area contributed by atoms with Crippen molar-refractivity contribution in [2.45, 2.75) is 19.5 Å². The Balaban J connectivity index is 1.98. The molecule has 1 atom stereocenters. The van der Waals surface area contributed by atoms with Gasteiger partial charge in [-0.25, -0.2) is 13.8 Å². The minimum atomic E-state index is -0.571. The van der Waals surface area contributed by atoms with E-state index in [1.807, 2.05) is 13.0 Å². The van der Waals surface area contributed by atoms with Gasteiger partial charge in [-0.05, 0) is 18.6 Å². The van der Waals surface area contributed by atoms with E-state index < -0.39 is 11.6 Å². The van der Waals surface area contributed by atoms with E-state index in [4.69, 9.17) is 4.74 Å². The Morgan fingerprint density at radius 1 is 1.25 bits per heavy atom. The van der Waals surface area contributed by atoms with Gasteiger partial charge in [-0.2, -0.15) is 0 Å². The standard InChI is InChI=1S/C15H16F2N2O/c1-10(13-5-4-12(16)7-14(13)17)18-8-11-3-6-15(20-2)19-9-11/h3-7,9-10,18H,8H2,1-2H3. The molecule has 0 fully saturated rings. The zero-order chi connectivity index (χ0) is 14.5. The van der Waals surface area contributed by atoms with Crippen molar-refractivity contribution in [2.75, 3.05) is 7.11 Å². The van der Waals surface area contributed by atoms with E-state index >= 15 is 0 Å². The predicted octanol–water partition coefficient (Wildman–Crippen LogP) is 3.22. The number of halogens is 2. The van der Waals surface area contributed by atoms with Gasteiger partial charge in [0.1, 0.15) is 11.6 Å². The zero-order valence-electron chi connectivity index (χ0n) is 11.4. The summed E-state index contributed by atoms with van der Waals surface area (Å²) >= 11 is 0. The van der Waals surface area contributed by atoms with Gasteiger partial charge in [0.2, 0.25) is 5.88 Å². The molecular weight excluding hydrogens is 262 g/mol. The van der Waals surface area contributed by atoms with Crippen molar-refractivity contribution >= 4 is 0 Å². The Bertz CT molecular complexity index is 573.